The summed E-state index contributed by atoms with van der Waals surface area (Å²) < 4.78 is 20.6. The second-order valence-corrected chi connectivity index (χ2v) is 6.90. The number of rotatable bonds is 9. The number of esters is 2. The van der Waals surface area contributed by atoms with Gasteiger partial charge in [-0.05, 0) is 24.1 Å². The number of hydrogen-bond donors (Lipinski definition) is 4. The third kappa shape index (κ3) is 5.87. The van der Waals surface area contributed by atoms with E-state index in [1.165, 1.54) is 12.1 Å². The van der Waals surface area contributed by atoms with Crippen LogP contribution in [0.25, 0.3) is 0 Å². The largest absolute Gasteiger partial charge is 0.450 e. The number of aliphatic hydroxyl groups is 3. The van der Waals surface area contributed by atoms with Crippen molar-refractivity contribution in [3.63, 3.8) is 0 Å². The third-order valence-corrected chi connectivity index (χ3v) is 4.17. The number of benzene rings is 1. The molecule has 10 heteroatoms. The van der Waals surface area contributed by atoms with Crippen molar-refractivity contribution in [1.82, 2.24) is 5.32 Å². The van der Waals surface area contributed by atoms with E-state index in [9.17, 15) is 24.9 Å². The minimum Gasteiger partial charge on any atom is -0.418 e. The van der Waals surface area contributed by atoms with Gasteiger partial charge in [-0.15, -0.1) is 0 Å². The first-order chi connectivity index (χ1) is 13.7. The van der Waals surface area contributed by atoms with E-state index >= 15 is 0 Å². The summed E-state index contributed by atoms with van der Waals surface area (Å²) in [6, 6.07) is 6.48. The number of carbonyl (C=O) groups excluding carboxylic acids is 2. The summed E-state index contributed by atoms with van der Waals surface area (Å²) in [5, 5.41) is 33.0. The van der Waals surface area contributed by atoms with Gasteiger partial charge in [-0.2, -0.15) is 0 Å². The normalized spacial score (nSPS) is 25.9. The maximum absolute atomic E-state index is 12.1. The van der Waals surface area contributed by atoms with E-state index in [2.05, 4.69) is 5.32 Å². The Morgan fingerprint density at radius 2 is 1.66 bits per heavy atom. The number of ether oxygens (including phenoxy) is 4. The molecule has 10 nitrogen and oxygen atoms in total. The fourth-order valence-corrected chi connectivity index (χ4v) is 2.51. The average molecular weight is 413 g/mol. The second-order valence-electron chi connectivity index (χ2n) is 6.90. The van der Waals surface area contributed by atoms with Gasteiger partial charge in [0.1, 0.15) is 5.75 Å². The van der Waals surface area contributed by atoms with E-state index in [0.717, 1.165) is 5.56 Å². The molecule has 0 radical (unpaired) electrons. The van der Waals surface area contributed by atoms with Gasteiger partial charge >= 0.3 is 17.9 Å². The molecule has 162 valence electrons. The van der Waals surface area contributed by atoms with Crippen molar-refractivity contribution in [2.45, 2.75) is 50.6 Å². The van der Waals surface area contributed by atoms with Crippen LogP contribution in [0.1, 0.15) is 19.4 Å². The van der Waals surface area contributed by atoms with E-state index in [4.69, 9.17) is 18.9 Å². The van der Waals surface area contributed by atoms with E-state index in [0.29, 0.717) is 13.0 Å². The van der Waals surface area contributed by atoms with Crippen molar-refractivity contribution in [3.05, 3.63) is 29.8 Å². The number of methoxy groups -OCH3 is 1. The lowest BCUT2D eigenvalue weighted by atomic mass is 10.1. The molecule has 1 heterocycles. The summed E-state index contributed by atoms with van der Waals surface area (Å²) in [5.41, 5.74) is 0.941. The average Bonchev–Trinajstić information content (AvgIpc) is 2.76. The van der Waals surface area contributed by atoms with Crippen LogP contribution in [0.5, 0.6) is 5.75 Å². The molecule has 0 saturated carbocycles. The molecule has 1 aromatic carbocycles. The first-order valence-electron chi connectivity index (χ1n) is 9.18. The predicted octanol–water partition coefficient (Wildman–Crippen LogP) is -0.911. The summed E-state index contributed by atoms with van der Waals surface area (Å²) in [5.74, 6) is -5.21. The van der Waals surface area contributed by atoms with E-state index in [-0.39, 0.29) is 18.3 Å². The van der Waals surface area contributed by atoms with Crippen molar-refractivity contribution >= 4 is 11.9 Å². The highest BCUT2D eigenvalue weighted by Crippen LogP contribution is 2.29. The molecule has 3 atom stereocenters. The molecular weight excluding hydrogens is 386 g/mol. The van der Waals surface area contributed by atoms with Gasteiger partial charge in [-0.3, -0.25) is 0 Å². The van der Waals surface area contributed by atoms with Crippen LogP contribution >= 0.6 is 0 Å². The quantitative estimate of drug-likeness (QED) is 0.376. The van der Waals surface area contributed by atoms with Crippen LogP contribution < -0.4 is 10.1 Å². The molecule has 0 aromatic heterocycles. The first kappa shape index (κ1) is 23.0. The van der Waals surface area contributed by atoms with Crippen molar-refractivity contribution in [2.24, 2.45) is 0 Å². The Morgan fingerprint density at radius 1 is 1.10 bits per heavy atom. The minimum absolute atomic E-state index is 0.0462. The standard InChI is InChI=1S/C19H27NO9/c1-11(2)20-10-14(21)19(28-17(24)15(22)16(23)18(25)29-19)27-13-6-4-12(5-7-13)8-9-26-3/h4-7,11,14-16,20-23H,8-10H2,1-3H3. The van der Waals surface area contributed by atoms with E-state index in [1.54, 1.807) is 19.2 Å². The Balaban J connectivity index is 2.31. The molecule has 1 aromatic rings. The monoisotopic (exact) mass is 413 g/mol. The molecule has 0 amide bonds. The molecule has 3 unspecified atom stereocenters. The van der Waals surface area contributed by atoms with Gasteiger partial charge in [0.15, 0.2) is 18.3 Å². The Hall–Kier alpha value is -2.24. The Kier molecular flexibility index (Phi) is 7.94. The molecule has 2 rings (SSSR count). The molecule has 4 N–H and O–H groups in total. The summed E-state index contributed by atoms with van der Waals surface area (Å²) in [7, 11) is 1.59. The van der Waals surface area contributed by atoms with Gasteiger partial charge < -0.3 is 39.6 Å². The van der Waals surface area contributed by atoms with Crippen molar-refractivity contribution in [3.8, 4) is 5.75 Å². The molecule has 29 heavy (non-hydrogen) atoms. The zero-order chi connectivity index (χ0) is 21.6. The van der Waals surface area contributed by atoms with Crippen LogP contribution in [0.2, 0.25) is 0 Å². The molecular formula is C19H27NO9. The third-order valence-electron chi connectivity index (χ3n) is 4.17. The van der Waals surface area contributed by atoms with Crippen LogP contribution in [0.4, 0.5) is 0 Å². The van der Waals surface area contributed by atoms with Crippen molar-refractivity contribution in [1.29, 1.82) is 0 Å². The lowest BCUT2D eigenvalue weighted by molar-refractivity contribution is -0.342. The highest BCUT2D eigenvalue weighted by atomic mass is 16.9. The van der Waals surface area contributed by atoms with Gasteiger partial charge in [0.05, 0.1) is 6.61 Å². The molecule has 1 aliphatic heterocycles. The molecule has 1 aliphatic rings. The van der Waals surface area contributed by atoms with E-state index < -0.39 is 36.2 Å². The summed E-state index contributed by atoms with van der Waals surface area (Å²) in [6.07, 6.45) is -5.35. The van der Waals surface area contributed by atoms with Crippen LogP contribution in [-0.4, -0.2) is 77.8 Å². The van der Waals surface area contributed by atoms with Gasteiger partial charge in [0, 0.05) is 19.7 Å². The van der Waals surface area contributed by atoms with Crippen molar-refractivity contribution in [2.75, 3.05) is 20.3 Å². The van der Waals surface area contributed by atoms with Crippen LogP contribution in [0, 0.1) is 0 Å². The molecule has 1 saturated heterocycles. The molecule has 0 spiro atoms. The Bertz CT molecular complexity index is 669. The zero-order valence-electron chi connectivity index (χ0n) is 16.5. The van der Waals surface area contributed by atoms with Gasteiger partial charge in [-0.1, -0.05) is 26.0 Å². The first-order valence-corrected chi connectivity index (χ1v) is 9.18. The summed E-state index contributed by atoms with van der Waals surface area (Å²) in [6.45, 7) is 3.99. The predicted molar refractivity (Wildman–Crippen MR) is 98.7 cm³/mol. The zero-order valence-corrected chi connectivity index (χ0v) is 16.5. The van der Waals surface area contributed by atoms with Crippen molar-refractivity contribution < 1.29 is 43.9 Å². The summed E-state index contributed by atoms with van der Waals surface area (Å²) in [4.78, 5) is 24.2. The number of hydrogen-bond acceptors (Lipinski definition) is 10. The SMILES string of the molecule is COCCc1ccc(OC2(C(O)CNC(C)C)OC(=O)C(O)C(O)C(=O)O2)cc1. The second kappa shape index (κ2) is 9.99. The Labute approximate surface area is 168 Å². The number of nitrogens with one attached hydrogen (secondary N) is 1. The van der Waals surface area contributed by atoms with E-state index in [1.807, 2.05) is 13.8 Å². The van der Waals surface area contributed by atoms with Crippen LogP contribution in [0.3, 0.4) is 0 Å². The van der Waals surface area contributed by atoms with Crippen LogP contribution in [0.15, 0.2) is 24.3 Å². The highest BCUT2D eigenvalue weighted by Gasteiger charge is 2.55. The van der Waals surface area contributed by atoms with Gasteiger partial charge in [0.2, 0.25) is 0 Å². The lowest BCUT2D eigenvalue weighted by Gasteiger charge is -2.34. The lowest BCUT2D eigenvalue weighted by Crippen LogP contribution is -2.57. The molecule has 1 fully saturated rings. The maximum Gasteiger partial charge on any atom is 0.450 e. The van der Waals surface area contributed by atoms with Crippen LogP contribution in [-0.2, 0) is 30.2 Å². The topological polar surface area (TPSA) is 144 Å². The number of cyclic esters (lactones) is 2. The summed E-state index contributed by atoms with van der Waals surface area (Å²) >= 11 is 0. The maximum atomic E-state index is 12.1. The van der Waals surface area contributed by atoms with Gasteiger partial charge in [-0.25, -0.2) is 9.59 Å². The number of carbonyl (C=O) groups is 2. The Morgan fingerprint density at radius 3 is 2.14 bits per heavy atom. The number of aliphatic hydroxyl groups excluding tert-OH is 3. The smallest absolute Gasteiger partial charge is 0.418 e. The minimum atomic E-state index is -2.59. The molecule has 0 bridgehead atoms. The van der Waals surface area contributed by atoms with Gasteiger partial charge in [0.25, 0.3) is 0 Å². The fourth-order valence-electron chi connectivity index (χ4n) is 2.51. The molecule has 0 aliphatic carbocycles. The fraction of sp³-hybridized carbons (Fsp3) is 0.579. The highest BCUT2D eigenvalue weighted by molar-refractivity contribution is 5.87.